The Morgan fingerprint density at radius 1 is 0.900 bits per heavy atom. The van der Waals surface area contributed by atoms with Gasteiger partial charge in [0, 0.05) is 43.2 Å². The molecule has 1 rings (SSSR count). The van der Waals surface area contributed by atoms with Gasteiger partial charge in [-0.2, -0.15) is 0 Å². The Morgan fingerprint density at radius 2 is 1.33 bits per heavy atom. The monoisotopic (exact) mass is 426 g/mol. The minimum Gasteiger partial charge on any atom is -0.478 e. The summed E-state index contributed by atoms with van der Waals surface area (Å²) in [5, 5.41) is 31.2. The first-order chi connectivity index (χ1) is 14.0. The van der Waals surface area contributed by atoms with Crippen LogP contribution in [0, 0.1) is 0 Å². The van der Waals surface area contributed by atoms with Crippen molar-refractivity contribution in [1.29, 1.82) is 0 Å². The molecule has 0 unspecified atom stereocenters. The Hall–Kier alpha value is -4.06. The lowest BCUT2D eigenvalue weighted by atomic mass is 10.3. The van der Waals surface area contributed by atoms with E-state index in [1.807, 2.05) is 19.0 Å². The fourth-order valence-corrected chi connectivity index (χ4v) is 1.17. The molecule has 0 aliphatic heterocycles. The number of pyridine rings is 1. The zero-order valence-corrected chi connectivity index (χ0v) is 16.2. The minimum atomic E-state index is -1.26. The van der Waals surface area contributed by atoms with Gasteiger partial charge < -0.3 is 30.1 Å². The van der Waals surface area contributed by atoms with Crippen molar-refractivity contribution < 1.29 is 49.1 Å². The summed E-state index contributed by atoms with van der Waals surface area (Å²) in [5.74, 6) is -5.35. The average Bonchev–Trinajstić information content (AvgIpc) is 2.66. The van der Waals surface area contributed by atoms with Crippen LogP contribution in [0.25, 0.3) is 0 Å². The Labute approximate surface area is 171 Å². The molecule has 1 heterocycles. The van der Waals surface area contributed by atoms with E-state index < -0.39 is 23.9 Å². The minimum absolute atomic E-state index is 0.319. The van der Waals surface area contributed by atoms with E-state index in [1.165, 1.54) is 6.20 Å². The van der Waals surface area contributed by atoms with Crippen LogP contribution in [0.4, 0.5) is 0 Å². The zero-order valence-electron chi connectivity index (χ0n) is 16.2. The van der Waals surface area contributed by atoms with Gasteiger partial charge in [0.15, 0.2) is 0 Å². The number of carbonyl (C=O) groups excluding carboxylic acids is 1. The summed E-state index contributed by atoms with van der Waals surface area (Å²) in [5.41, 5.74) is 0.492. The molecule has 0 aliphatic carbocycles. The van der Waals surface area contributed by atoms with Gasteiger partial charge in [-0.1, -0.05) is 0 Å². The van der Waals surface area contributed by atoms with E-state index in [4.69, 9.17) is 25.2 Å². The van der Waals surface area contributed by atoms with Crippen LogP contribution in [0.5, 0.6) is 0 Å². The van der Waals surface area contributed by atoms with Crippen LogP contribution in [0.15, 0.2) is 48.8 Å². The normalized spacial score (nSPS) is 9.83. The molecule has 0 bridgehead atoms. The number of ether oxygens (including phenoxy) is 1. The summed E-state index contributed by atoms with van der Waals surface area (Å²) in [7, 11) is 3.86. The second kappa shape index (κ2) is 17.1. The molecule has 0 amide bonds. The zero-order chi connectivity index (χ0) is 23.5. The highest BCUT2D eigenvalue weighted by atomic mass is 16.5. The first-order valence-electron chi connectivity index (χ1n) is 7.95. The summed E-state index contributed by atoms with van der Waals surface area (Å²) in [6, 6.07) is 3.40. The summed E-state index contributed by atoms with van der Waals surface area (Å²) in [4.78, 5) is 55.4. The van der Waals surface area contributed by atoms with E-state index in [1.54, 1.807) is 18.3 Å². The summed E-state index contributed by atoms with van der Waals surface area (Å²) < 4.78 is 5.02. The third-order valence-electron chi connectivity index (χ3n) is 2.41. The van der Waals surface area contributed by atoms with Crippen LogP contribution in [0.3, 0.4) is 0 Å². The summed E-state index contributed by atoms with van der Waals surface area (Å²) >= 11 is 0. The van der Waals surface area contributed by atoms with Crippen LogP contribution in [0.1, 0.15) is 10.4 Å². The van der Waals surface area contributed by atoms with Gasteiger partial charge in [-0.05, 0) is 26.2 Å². The smallest absolute Gasteiger partial charge is 0.339 e. The molecule has 12 heteroatoms. The molecular weight excluding hydrogens is 404 g/mol. The fourth-order valence-electron chi connectivity index (χ4n) is 1.17. The Kier molecular flexibility index (Phi) is 16.0. The van der Waals surface area contributed by atoms with Gasteiger partial charge in [-0.25, -0.2) is 24.0 Å². The highest BCUT2D eigenvalue weighted by Crippen LogP contribution is 1.98. The van der Waals surface area contributed by atoms with Gasteiger partial charge in [0.2, 0.25) is 0 Å². The maximum Gasteiger partial charge on any atom is 0.339 e. The molecule has 0 aromatic carbocycles. The Balaban J connectivity index is 0. The van der Waals surface area contributed by atoms with E-state index >= 15 is 0 Å². The number of carboxylic acids is 4. The molecule has 0 saturated carbocycles. The van der Waals surface area contributed by atoms with Crippen molar-refractivity contribution in [2.45, 2.75) is 0 Å². The van der Waals surface area contributed by atoms with E-state index in [0.29, 0.717) is 36.5 Å². The number of hydrogen-bond acceptors (Lipinski definition) is 8. The van der Waals surface area contributed by atoms with Crippen molar-refractivity contribution in [3.8, 4) is 0 Å². The molecule has 0 spiro atoms. The fraction of sp³-hybridized carbons (Fsp3) is 0.222. The van der Waals surface area contributed by atoms with Gasteiger partial charge in [-0.15, -0.1) is 0 Å². The van der Waals surface area contributed by atoms with E-state index in [2.05, 4.69) is 4.98 Å². The van der Waals surface area contributed by atoms with Crippen molar-refractivity contribution in [3.63, 3.8) is 0 Å². The van der Waals surface area contributed by atoms with Crippen molar-refractivity contribution in [2.24, 2.45) is 0 Å². The molecule has 1 aromatic heterocycles. The predicted molar refractivity (Wildman–Crippen MR) is 102 cm³/mol. The first-order valence-corrected chi connectivity index (χ1v) is 7.95. The number of nitrogens with zero attached hydrogens (tertiary/aromatic N) is 2. The van der Waals surface area contributed by atoms with Gasteiger partial charge in [0.25, 0.3) is 0 Å². The molecule has 30 heavy (non-hydrogen) atoms. The standard InChI is InChI=1S/C10H14N2O2.2C4H4O4/c1-12(2)6-7-14-10(13)9-4-3-5-11-8-9;2*5-3(6)1-2-4(7)8/h3-5,8H,6-7H2,1-2H3;2*1-2H,(H,5,6)(H,7,8). The maximum atomic E-state index is 11.3. The third kappa shape index (κ3) is 22.0. The van der Waals surface area contributed by atoms with E-state index in [0.717, 1.165) is 6.54 Å². The van der Waals surface area contributed by atoms with E-state index in [9.17, 15) is 24.0 Å². The van der Waals surface area contributed by atoms with Crippen LogP contribution in [0.2, 0.25) is 0 Å². The van der Waals surface area contributed by atoms with Crippen LogP contribution < -0.4 is 0 Å². The molecule has 0 atom stereocenters. The molecule has 0 aliphatic rings. The summed E-state index contributed by atoms with van der Waals surface area (Å²) in [6.45, 7) is 1.13. The lowest BCUT2D eigenvalue weighted by molar-refractivity contribution is -0.134. The quantitative estimate of drug-likeness (QED) is 0.327. The number of hydrogen-bond donors (Lipinski definition) is 4. The first kappa shape index (κ1) is 28.2. The average molecular weight is 426 g/mol. The second-order valence-corrected chi connectivity index (χ2v) is 5.20. The highest BCUT2D eigenvalue weighted by molar-refractivity contribution is 5.90. The highest BCUT2D eigenvalue weighted by Gasteiger charge is 2.05. The maximum absolute atomic E-state index is 11.3. The number of rotatable bonds is 8. The lowest BCUT2D eigenvalue weighted by Crippen LogP contribution is -2.20. The Morgan fingerprint density at radius 3 is 1.63 bits per heavy atom. The molecule has 1 aromatic rings. The molecule has 164 valence electrons. The van der Waals surface area contributed by atoms with Crippen molar-refractivity contribution in [1.82, 2.24) is 9.88 Å². The molecule has 4 N–H and O–H groups in total. The van der Waals surface area contributed by atoms with Crippen molar-refractivity contribution in [2.75, 3.05) is 27.2 Å². The van der Waals surface area contributed by atoms with Crippen LogP contribution >= 0.6 is 0 Å². The number of esters is 1. The number of carboxylic acid groups (broad SMARTS) is 4. The largest absolute Gasteiger partial charge is 0.478 e. The van der Waals surface area contributed by atoms with Gasteiger partial charge in [-0.3, -0.25) is 4.98 Å². The van der Waals surface area contributed by atoms with E-state index in [-0.39, 0.29) is 5.97 Å². The Bertz CT molecular complexity index is 691. The van der Waals surface area contributed by atoms with Gasteiger partial charge in [0.1, 0.15) is 6.61 Å². The molecule has 0 saturated heterocycles. The third-order valence-corrected chi connectivity index (χ3v) is 2.41. The van der Waals surface area contributed by atoms with Gasteiger partial charge in [0.05, 0.1) is 5.56 Å². The van der Waals surface area contributed by atoms with Gasteiger partial charge >= 0.3 is 29.8 Å². The lowest BCUT2D eigenvalue weighted by Gasteiger charge is -2.09. The topological polar surface area (TPSA) is 192 Å². The number of likely N-dealkylation sites (N-methyl/N-ethyl adjacent to an activating group) is 1. The number of carbonyl (C=O) groups is 5. The SMILES string of the molecule is CN(C)CCOC(=O)c1cccnc1.O=C(O)C=CC(=O)O.O=C(O)C=CC(=O)O. The molecule has 0 fully saturated rings. The van der Waals surface area contributed by atoms with Crippen LogP contribution in [-0.4, -0.2) is 87.4 Å². The van der Waals surface area contributed by atoms with Crippen molar-refractivity contribution in [3.05, 3.63) is 54.4 Å². The molecule has 12 nitrogen and oxygen atoms in total. The second-order valence-electron chi connectivity index (χ2n) is 5.20. The molecule has 0 radical (unpaired) electrons. The number of aromatic nitrogens is 1. The predicted octanol–water partition coefficient (Wildman–Crippen LogP) is 0.224. The summed E-state index contributed by atoms with van der Waals surface area (Å²) in [6.07, 6.45) is 5.35. The van der Waals surface area contributed by atoms with Crippen LogP contribution in [-0.2, 0) is 23.9 Å². The molecular formula is C18H22N2O10. The number of aliphatic carboxylic acids is 4. The van der Waals surface area contributed by atoms with Crippen molar-refractivity contribution >= 4 is 29.8 Å².